The molecule has 0 radical (unpaired) electrons. The van der Waals surface area contributed by atoms with Crippen molar-refractivity contribution in [2.75, 3.05) is 6.54 Å². The Morgan fingerprint density at radius 3 is 2.22 bits per heavy atom. The van der Waals surface area contributed by atoms with Crippen molar-refractivity contribution in [3.8, 4) is 0 Å². The normalized spacial score (nSPS) is 13.8. The maximum absolute atomic E-state index is 11.4. The number of rotatable bonds is 7. The van der Waals surface area contributed by atoms with E-state index in [-0.39, 0.29) is 6.42 Å². The molecule has 0 N–H and O–H groups in total. The predicted octanol–water partition coefficient (Wildman–Crippen LogP) is 2.63. The molecule has 0 spiro atoms. The fourth-order valence-corrected chi connectivity index (χ4v) is 2.00. The molecule has 1 unspecified atom stereocenters. The average Bonchev–Trinajstić information content (AvgIpc) is 2.34. The topological polar surface area (TPSA) is 86.3 Å². The van der Waals surface area contributed by atoms with Crippen LogP contribution >= 0.6 is 0 Å². The fourth-order valence-electron chi connectivity index (χ4n) is 2.00. The van der Waals surface area contributed by atoms with E-state index >= 15 is 0 Å². The van der Waals surface area contributed by atoms with Gasteiger partial charge in [-0.15, -0.1) is 0 Å². The summed E-state index contributed by atoms with van der Waals surface area (Å²) >= 11 is 0. The Hall–Kier alpha value is -1.98. The van der Waals surface area contributed by atoms with Crippen LogP contribution in [0.15, 0.2) is 30.3 Å². The van der Waals surface area contributed by atoms with Crippen molar-refractivity contribution in [2.24, 2.45) is 0 Å². The Morgan fingerprint density at radius 2 is 1.78 bits per heavy atom. The highest BCUT2D eigenvalue weighted by Crippen LogP contribution is 2.31. The zero-order chi connectivity index (χ0) is 13.6. The van der Waals surface area contributed by atoms with Crippen LogP contribution in [0.25, 0.3) is 0 Å². The van der Waals surface area contributed by atoms with E-state index in [1.165, 1.54) is 0 Å². The molecule has 0 amide bonds. The van der Waals surface area contributed by atoms with Crippen LogP contribution in [0.3, 0.4) is 0 Å². The number of hydrogen-bond donors (Lipinski definition) is 0. The molecule has 0 aliphatic heterocycles. The summed E-state index contributed by atoms with van der Waals surface area (Å²) in [6, 6.07) is 8.24. The zero-order valence-electron chi connectivity index (χ0n) is 10.2. The summed E-state index contributed by atoms with van der Waals surface area (Å²) in [5.74, 6) is 0. The minimum atomic E-state index is -1.61. The highest BCUT2D eigenvalue weighted by molar-refractivity contribution is 5.22. The van der Waals surface area contributed by atoms with Crippen molar-refractivity contribution < 1.29 is 9.85 Å². The summed E-state index contributed by atoms with van der Waals surface area (Å²) in [5.41, 5.74) is -1.21. The van der Waals surface area contributed by atoms with Crippen molar-refractivity contribution in [1.29, 1.82) is 0 Å². The van der Waals surface area contributed by atoms with E-state index in [0.29, 0.717) is 12.0 Å². The van der Waals surface area contributed by atoms with Crippen LogP contribution in [0.5, 0.6) is 0 Å². The second-order valence-electron chi connectivity index (χ2n) is 4.25. The molecule has 0 aliphatic carbocycles. The number of hydrogen-bond acceptors (Lipinski definition) is 4. The lowest BCUT2D eigenvalue weighted by Gasteiger charge is -2.21. The van der Waals surface area contributed by atoms with Crippen molar-refractivity contribution in [1.82, 2.24) is 0 Å². The maximum atomic E-state index is 11.4. The molecule has 6 heteroatoms. The van der Waals surface area contributed by atoms with E-state index in [1.807, 2.05) is 6.92 Å². The van der Waals surface area contributed by atoms with Crippen LogP contribution in [0, 0.1) is 20.2 Å². The summed E-state index contributed by atoms with van der Waals surface area (Å²) in [6.45, 7) is 1.23. The van der Waals surface area contributed by atoms with Gasteiger partial charge in [-0.3, -0.25) is 20.2 Å². The van der Waals surface area contributed by atoms with Crippen molar-refractivity contribution in [3.63, 3.8) is 0 Å². The summed E-state index contributed by atoms with van der Waals surface area (Å²) in [4.78, 5) is 21.0. The number of unbranched alkanes of at least 4 members (excludes halogenated alkanes) is 1. The first-order valence-corrected chi connectivity index (χ1v) is 5.85. The van der Waals surface area contributed by atoms with Gasteiger partial charge in [-0.05, 0) is 6.42 Å². The van der Waals surface area contributed by atoms with E-state index in [2.05, 4.69) is 0 Å². The third-order valence-electron chi connectivity index (χ3n) is 3.00. The molecule has 0 aliphatic rings. The largest absolute Gasteiger partial charge is 0.309 e. The minimum Gasteiger partial charge on any atom is -0.264 e. The van der Waals surface area contributed by atoms with Crippen LogP contribution in [-0.4, -0.2) is 16.4 Å². The standard InChI is InChI=1S/C12H16N2O4/c1-2-3-9-12(14(17)18,10-13(15)16)11-7-5-4-6-8-11/h4-8H,2-3,9-10H2,1H3. The van der Waals surface area contributed by atoms with Gasteiger partial charge in [-0.2, -0.15) is 0 Å². The number of nitro groups is 2. The molecule has 1 rings (SSSR count). The molecule has 1 aromatic carbocycles. The smallest absolute Gasteiger partial charge is 0.264 e. The first kappa shape index (κ1) is 14.1. The van der Waals surface area contributed by atoms with Gasteiger partial charge < -0.3 is 0 Å². The number of nitrogens with zero attached hydrogens (tertiary/aromatic N) is 2. The van der Waals surface area contributed by atoms with Crippen LogP contribution in [0.2, 0.25) is 0 Å². The van der Waals surface area contributed by atoms with Gasteiger partial charge in [0.05, 0.1) is 0 Å². The van der Waals surface area contributed by atoms with E-state index in [0.717, 1.165) is 6.42 Å². The van der Waals surface area contributed by atoms with Crippen molar-refractivity contribution >= 4 is 0 Å². The van der Waals surface area contributed by atoms with Gasteiger partial charge >= 0.3 is 5.54 Å². The first-order valence-electron chi connectivity index (χ1n) is 5.85. The van der Waals surface area contributed by atoms with Gasteiger partial charge in [0.2, 0.25) is 0 Å². The predicted molar refractivity (Wildman–Crippen MR) is 66.5 cm³/mol. The zero-order valence-corrected chi connectivity index (χ0v) is 10.2. The first-order chi connectivity index (χ1) is 8.53. The fraction of sp³-hybridized carbons (Fsp3) is 0.500. The molecule has 0 fully saturated rings. The summed E-state index contributed by atoms with van der Waals surface area (Å²) in [5, 5.41) is 22.1. The number of benzene rings is 1. The Labute approximate surface area is 105 Å². The average molecular weight is 252 g/mol. The maximum Gasteiger partial charge on any atom is 0.309 e. The Balaban J connectivity index is 3.19. The second kappa shape index (κ2) is 6.09. The summed E-state index contributed by atoms with van der Waals surface area (Å²) < 4.78 is 0. The third kappa shape index (κ3) is 3.03. The van der Waals surface area contributed by atoms with Crippen molar-refractivity contribution in [2.45, 2.75) is 31.7 Å². The van der Waals surface area contributed by atoms with Gasteiger partial charge in [0.25, 0.3) is 6.54 Å². The van der Waals surface area contributed by atoms with Crippen LogP contribution in [0.4, 0.5) is 0 Å². The SMILES string of the molecule is CCCCC(C[N+](=O)[O-])(c1ccccc1)[N+](=O)[O-]. The van der Waals surface area contributed by atoms with Crippen LogP contribution < -0.4 is 0 Å². The Kier molecular flexibility index (Phi) is 4.76. The van der Waals surface area contributed by atoms with Gasteiger partial charge in [0.15, 0.2) is 0 Å². The third-order valence-corrected chi connectivity index (χ3v) is 3.00. The van der Waals surface area contributed by atoms with Gasteiger partial charge in [0.1, 0.15) is 0 Å². The quantitative estimate of drug-likeness (QED) is 0.551. The lowest BCUT2D eigenvalue weighted by atomic mass is 9.85. The van der Waals surface area contributed by atoms with Crippen LogP contribution in [0.1, 0.15) is 31.7 Å². The highest BCUT2D eigenvalue weighted by Gasteiger charge is 2.49. The van der Waals surface area contributed by atoms with E-state index in [9.17, 15) is 20.2 Å². The molecule has 98 valence electrons. The van der Waals surface area contributed by atoms with Gasteiger partial charge in [-0.25, -0.2) is 0 Å². The van der Waals surface area contributed by atoms with Crippen molar-refractivity contribution in [3.05, 3.63) is 56.1 Å². The monoisotopic (exact) mass is 252 g/mol. The summed E-state index contributed by atoms with van der Waals surface area (Å²) in [7, 11) is 0. The lowest BCUT2D eigenvalue weighted by Crippen LogP contribution is -2.42. The van der Waals surface area contributed by atoms with E-state index in [4.69, 9.17) is 0 Å². The molecule has 1 aromatic rings. The molecule has 0 saturated heterocycles. The molecule has 0 aromatic heterocycles. The second-order valence-corrected chi connectivity index (χ2v) is 4.25. The summed E-state index contributed by atoms with van der Waals surface area (Å²) in [6.07, 6.45) is 1.53. The lowest BCUT2D eigenvalue weighted by molar-refractivity contribution is -0.636. The molecule has 0 bridgehead atoms. The van der Waals surface area contributed by atoms with E-state index in [1.54, 1.807) is 30.3 Å². The molecular formula is C12H16N2O4. The molecule has 6 nitrogen and oxygen atoms in total. The molecule has 0 heterocycles. The van der Waals surface area contributed by atoms with Gasteiger partial charge in [0, 0.05) is 21.8 Å². The van der Waals surface area contributed by atoms with E-state index < -0.39 is 21.9 Å². The molecule has 1 atom stereocenters. The Morgan fingerprint density at radius 1 is 1.17 bits per heavy atom. The highest BCUT2D eigenvalue weighted by atomic mass is 16.6. The van der Waals surface area contributed by atoms with Crippen LogP contribution in [-0.2, 0) is 5.54 Å². The van der Waals surface area contributed by atoms with Gasteiger partial charge in [-0.1, -0.05) is 43.7 Å². The molecule has 0 saturated carbocycles. The molecule has 18 heavy (non-hydrogen) atoms. The Bertz CT molecular complexity index is 421. The molecular weight excluding hydrogens is 236 g/mol. The minimum absolute atomic E-state index is 0.182.